The summed E-state index contributed by atoms with van der Waals surface area (Å²) in [6.45, 7) is 4.02. The number of piperidine rings is 1. The number of nitro benzene ring substituents is 1. The van der Waals surface area contributed by atoms with Crippen LogP contribution in [-0.2, 0) is 0 Å². The monoisotopic (exact) mass is 424 g/mol. The molecule has 31 heavy (non-hydrogen) atoms. The largest absolute Gasteiger partial charge is 0.468 e. The molecule has 1 unspecified atom stereocenters. The Kier molecular flexibility index (Phi) is 6.08. The molecule has 1 aliphatic rings. The SMILES string of the molecule is Cc1c(C(=O)NCC(c2ccco2)N2CCCCC2)nnn1-c1cccc([N+](=O)[O-])c1. The molecule has 0 aliphatic carbocycles. The van der Waals surface area contributed by atoms with Crippen molar-refractivity contribution in [3.8, 4) is 5.69 Å². The Morgan fingerprint density at radius 1 is 1.26 bits per heavy atom. The number of non-ortho nitro benzene ring substituents is 1. The fraction of sp³-hybridized carbons (Fsp3) is 0.381. The number of rotatable bonds is 7. The van der Waals surface area contributed by atoms with Crippen molar-refractivity contribution in [2.24, 2.45) is 0 Å². The van der Waals surface area contributed by atoms with Crippen LogP contribution in [0.4, 0.5) is 5.69 Å². The second-order valence-electron chi connectivity index (χ2n) is 7.55. The number of benzene rings is 1. The van der Waals surface area contributed by atoms with Crippen LogP contribution in [0.15, 0.2) is 47.1 Å². The number of furan rings is 1. The van der Waals surface area contributed by atoms with E-state index in [0.717, 1.165) is 31.7 Å². The number of nitrogens with one attached hydrogen (secondary N) is 1. The maximum absolute atomic E-state index is 12.9. The third-order valence-corrected chi connectivity index (χ3v) is 5.55. The van der Waals surface area contributed by atoms with Crippen molar-refractivity contribution in [1.29, 1.82) is 0 Å². The second-order valence-corrected chi connectivity index (χ2v) is 7.55. The Labute approximate surface area is 179 Å². The summed E-state index contributed by atoms with van der Waals surface area (Å²) in [5, 5.41) is 22.0. The topological polar surface area (TPSA) is 119 Å². The lowest BCUT2D eigenvalue weighted by atomic mass is 10.1. The number of nitro groups is 1. The number of hydrogen-bond acceptors (Lipinski definition) is 7. The van der Waals surface area contributed by atoms with Crippen LogP contribution in [-0.4, -0.2) is 50.4 Å². The van der Waals surface area contributed by atoms with Crippen molar-refractivity contribution in [2.45, 2.75) is 32.2 Å². The first-order valence-corrected chi connectivity index (χ1v) is 10.3. The van der Waals surface area contributed by atoms with Crippen LogP contribution < -0.4 is 5.32 Å². The molecule has 1 saturated heterocycles. The maximum Gasteiger partial charge on any atom is 0.273 e. The molecule has 0 bridgehead atoms. The number of carbonyl (C=O) groups is 1. The summed E-state index contributed by atoms with van der Waals surface area (Å²) in [4.78, 5) is 25.8. The summed E-state index contributed by atoms with van der Waals surface area (Å²) in [7, 11) is 0. The van der Waals surface area contributed by atoms with E-state index in [1.807, 2.05) is 12.1 Å². The highest BCUT2D eigenvalue weighted by Crippen LogP contribution is 2.25. The highest BCUT2D eigenvalue weighted by atomic mass is 16.6. The molecule has 3 aromatic rings. The van der Waals surface area contributed by atoms with Gasteiger partial charge in [0.05, 0.1) is 28.6 Å². The Morgan fingerprint density at radius 2 is 2.06 bits per heavy atom. The molecule has 0 spiro atoms. The minimum absolute atomic E-state index is 0.0497. The van der Waals surface area contributed by atoms with Crippen LogP contribution >= 0.6 is 0 Å². The molecule has 1 fully saturated rings. The summed E-state index contributed by atoms with van der Waals surface area (Å²) in [6, 6.07) is 9.77. The van der Waals surface area contributed by atoms with Gasteiger partial charge in [-0.1, -0.05) is 17.7 Å². The fourth-order valence-corrected chi connectivity index (χ4v) is 3.92. The summed E-state index contributed by atoms with van der Waals surface area (Å²) in [5.41, 5.74) is 1.11. The van der Waals surface area contributed by atoms with Crippen LogP contribution in [0.1, 0.15) is 47.2 Å². The number of hydrogen-bond donors (Lipinski definition) is 1. The van der Waals surface area contributed by atoms with Gasteiger partial charge in [0.15, 0.2) is 5.69 Å². The predicted octanol–water partition coefficient (Wildman–Crippen LogP) is 3.03. The zero-order valence-corrected chi connectivity index (χ0v) is 17.2. The lowest BCUT2D eigenvalue weighted by Crippen LogP contribution is -2.40. The van der Waals surface area contributed by atoms with Gasteiger partial charge in [-0.25, -0.2) is 4.68 Å². The number of amides is 1. The summed E-state index contributed by atoms with van der Waals surface area (Å²) in [5.74, 6) is 0.474. The minimum Gasteiger partial charge on any atom is -0.468 e. The Hall–Kier alpha value is -3.53. The smallest absolute Gasteiger partial charge is 0.273 e. The molecule has 2 aromatic heterocycles. The van der Waals surface area contributed by atoms with Crippen LogP contribution in [0.25, 0.3) is 5.69 Å². The minimum atomic E-state index is -0.473. The molecule has 1 N–H and O–H groups in total. The van der Waals surface area contributed by atoms with E-state index in [9.17, 15) is 14.9 Å². The van der Waals surface area contributed by atoms with Gasteiger partial charge in [0.1, 0.15) is 5.76 Å². The summed E-state index contributed by atoms with van der Waals surface area (Å²) in [6.07, 6.45) is 5.11. The van der Waals surface area contributed by atoms with Gasteiger partial charge in [-0.2, -0.15) is 0 Å². The highest BCUT2D eigenvalue weighted by Gasteiger charge is 2.26. The van der Waals surface area contributed by atoms with Gasteiger partial charge in [0.25, 0.3) is 11.6 Å². The molecule has 1 atom stereocenters. The number of likely N-dealkylation sites (tertiary alicyclic amines) is 1. The van der Waals surface area contributed by atoms with Crippen LogP contribution in [0.5, 0.6) is 0 Å². The van der Waals surface area contributed by atoms with Crippen LogP contribution in [0, 0.1) is 17.0 Å². The van der Waals surface area contributed by atoms with Crippen molar-refractivity contribution >= 4 is 11.6 Å². The van der Waals surface area contributed by atoms with Gasteiger partial charge in [-0.15, -0.1) is 5.10 Å². The summed E-state index contributed by atoms with van der Waals surface area (Å²) >= 11 is 0. The van der Waals surface area contributed by atoms with E-state index < -0.39 is 4.92 Å². The third kappa shape index (κ3) is 4.48. The highest BCUT2D eigenvalue weighted by molar-refractivity contribution is 5.93. The maximum atomic E-state index is 12.9. The average Bonchev–Trinajstić information content (AvgIpc) is 3.45. The molecule has 0 saturated carbocycles. The average molecular weight is 424 g/mol. The lowest BCUT2D eigenvalue weighted by molar-refractivity contribution is -0.384. The predicted molar refractivity (Wildman–Crippen MR) is 112 cm³/mol. The Bertz CT molecular complexity index is 1060. The molecule has 0 radical (unpaired) electrons. The number of carbonyl (C=O) groups excluding carboxylic acids is 1. The standard InChI is InChI=1S/C21H24N6O4/c1-15-20(23-24-26(15)16-7-5-8-17(13-16)27(29)30)21(28)22-14-18(19-9-6-12-31-19)25-10-3-2-4-11-25/h5-9,12-13,18H,2-4,10-11,14H2,1H3,(H,22,28). The molecule has 4 rings (SSSR count). The van der Waals surface area contributed by atoms with Gasteiger partial charge < -0.3 is 9.73 Å². The molecular weight excluding hydrogens is 400 g/mol. The van der Waals surface area contributed by atoms with E-state index in [1.54, 1.807) is 25.3 Å². The summed E-state index contributed by atoms with van der Waals surface area (Å²) < 4.78 is 7.05. The van der Waals surface area contributed by atoms with Gasteiger partial charge in [0, 0.05) is 18.7 Å². The van der Waals surface area contributed by atoms with E-state index in [2.05, 4.69) is 20.5 Å². The molecular formula is C21H24N6O4. The van der Waals surface area contributed by atoms with E-state index in [0.29, 0.717) is 17.9 Å². The van der Waals surface area contributed by atoms with E-state index in [-0.39, 0.29) is 23.3 Å². The van der Waals surface area contributed by atoms with Crippen molar-refractivity contribution in [1.82, 2.24) is 25.2 Å². The molecule has 3 heterocycles. The molecule has 10 nitrogen and oxygen atoms in total. The number of aromatic nitrogens is 3. The molecule has 1 aliphatic heterocycles. The molecule has 162 valence electrons. The normalized spacial score (nSPS) is 15.5. The van der Waals surface area contributed by atoms with Gasteiger partial charge in [-0.3, -0.25) is 19.8 Å². The lowest BCUT2D eigenvalue weighted by Gasteiger charge is -2.33. The first kappa shape index (κ1) is 20.7. The van der Waals surface area contributed by atoms with E-state index >= 15 is 0 Å². The van der Waals surface area contributed by atoms with Crippen LogP contribution in [0.3, 0.4) is 0 Å². The second kappa shape index (κ2) is 9.09. The molecule has 10 heteroatoms. The van der Waals surface area contributed by atoms with Gasteiger partial charge >= 0.3 is 0 Å². The van der Waals surface area contributed by atoms with E-state index in [4.69, 9.17) is 4.42 Å². The zero-order valence-electron chi connectivity index (χ0n) is 17.2. The van der Waals surface area contributed by atoms with Crippen molar-refractivity contribution < 1.29 is 14.1 Å². The van der Waals surface area contributed by atoms with Gasteiger partial charge in [-0.05, 0) is 51.1 Å². The van der Waals surface area contributed by atoms with Crippen LogP contribution in [0.2, 0.25) is 0 Å². The van der Waals surface area contributed by atoms with Crippen molar-refractivity contribution in [2.75, 3.05) is 19.6 Å². The third-order valence-electron chi connectivity index (χ3n) is 5.55. The molecule has 1 aromatic carbocycles. The first-order valence-electron chi connectivity index (χ1n) is 10.3. The van der Waals surface area contributed by atoms with Gasteiger partial charge in [0.2, 0.25) is 0 Å². The number of nitrogens with zero attached hydrogens (tertiary/aromatic N) is 5. The Morgan fingerprint density at radius 3 is 2.77 bits per heavy atom. The first-order chi connectivity index (χ1) is 15.0. The van der Waals surface area contributed by atoms with E-state index in [1.165, 1.54) is 23.2 Å². The Balaban J connectivity index is 1.49. The van der Waals surface area contributed by atoms with Crippen molar-refractivity contribution in [3.05, 3.63) is 69.9 Å². The van der Waals surface area contributed by atoms with Crippen molar-refractivity contribution in [3.63, 3.8) is 0 Å². The fourth-order valence-electron chi connectivity index (χ4n) is 3.92. The molecule has 1 amide bonds. The quantitative estimate of drug-likeness (QED) is 0.457. The zero-order chi connectivity index (χ0) is 21.8.